The first-order chi connectivity index (χ1) is 11.0. The van der Waals surface area contributed by atoms with E-state index in [1.807, 2.05) is 32.0 Å². The van der Waals surface area contributed by atoms with Gasteiger partial charge >= 0.3 is 5.97 Å². The standard InChI is InChI=1S/C18H18ClNO3/c1-12-4-3-5-13(2)17(12)23-16(21)10-11-20-18(22)14-6-8-15(19)9-7-14/h3-9H,10-11H2,1-2H3,(H,20,22). The SMILES string of the molecule is Cc1cccc(C)c1OC(=O)CCNC(=O)c1ccc(Cl)cc1. The topological polar surface area (TPSA) is 55.4 Å². The third-order valence-electron chi connectivity index (χ3n) is 3.35. The van der Waals surface area contributed by atoms with Gasteiger partial charge < -0.3 is 10.1 Å². The second-order valence-corrected chi connectivity index (χ2v) is 5.64. The Balaban J connectivity index is 1.83. The van der Waals surface area contributed by atoms with E-state index >= 15 is 0 Å². The average Bonchev–Trinajstić information content (AvgIpc) is 2.51. The number of hydrogen-bond acceptors (Lipinski definition) is 3. The molecule has 1 amide bonds. The highest BCUT2D eigenvalue weighted by Crippen LogP contribution is 2.22. The first kappa shape index (κ1) is 17.0. The molecule has 0 saturated heterocycles. The van der Waals surface area contributed by atoms with Crippen molar-refractivity contribution in [2.75, 3.05) is 6.54 Å². The van der Waals surface area contributed by atoms with E-state index < -0.39 is 0 Å². The molecule has 0 aromatic heterocycles. The van der Waals surface area contributed by atoms with Gasteiger partial charge in [0.2, 0.25) is 0 Å². The molecule has 2 aromatic carbocycles. The van der Waals surface area contributed by atoms with E-state index in [1.54, 1.807) is 24.3 Å². The molecule has 0 fully saturated rings. The summed E-state index contributed by atoms with van der Waals surface area (Å²) in [5, 5.41) is 3.25. The van der Waals surface area contributed by atoms with Gasteiger partial charge in [0.15, 0.2) is 0 Å². The summed E-state index contributed by atoms with van der Waals surface area (Å²) in [6.45, 7) is 3.99. The molecule has 5 heteroatoms. The molecule has 4 nitrogen and oxygen atoms in total. The number of para-hydroxylation sites is 1. The smallest absolute Gasteiger partial charge is 0.312 e. The Kier molecular flexibility index (Phi) is 5.77. The summed E-state index contributed by atoms with van der Waals surface area (Å²) in [4.78, 5) is 23.8. The lowest BCUT2D eigenvalue weighted by atomic mass is 10.1. The molecule has 120 valence electrons. The summed E-state index contributed by atoms with van der Waals surface area (Å²) in [6.07, 6.45) is 0.104. The monoisotopic (exact) mass is 331 g/mol. The second-order valence-electron chi connectivity index (χ2n) is 5.21. The van der Waals surface area contributed by atoms with E-state index in [9.17, 15) is 9.59 Å². The van der Waals surface area contributed by atoms with Gasteiger partial charge in [-0.05, 0) is 49.2 Å². The number of ether oxygens (including phenoxy) is 1. The largest absolute Gasteiger partial charge is 0.426 e. The van der Waals surface area contributed by atoms with Crippen molar-refractivity contribution in [1.82, 2.24) is 5.32 Å². The zero-order valence-corrected chi connectivity index (χ0v) is 13.8. The fourth-order valence-electron chi connectivity index (χ4n) is 2.11. The van der Waals surface area contributed by atoms with Gasteiger partial charge in [0.25, 0.3) is 5.91 Å². The van der Waals surface area contributed by atoms with E-state index in [1.165, 1.54) is 0 Å². The number of esters is 1. The first-order valence-electron chi connectivity index (χ1n) is 7.28. The molecule has 0 aliphatic heterocycles. The minimum atomic E-state index is -0.376. The maximum atomic E-state index is 11.9. The van der Waals surface area contributed by atoms with Crippen molar-refractivity contribution in [1.29, 1.82) is 0 Å². The van der Waals surface area contributed by atoms with Crippen LogP contribution in [-0.2, 0) is 4.79 Å². The van der Waals surface area contributed by atoms with Crippen molar-refractivity contribution in [3.63, 3.8) is 0 Å². The Morgan fingerprint density at radius 3 is 2.26 bits per heavy atom. The molecule has 2 rings (SSSR count). The van der Waals surface area contributed by atoms with Crippen molar-refractivity contribution in [2.45, 2.75) is 20.3 Å². The van der Waals surface area contributed by atoms with Gasteiger partial charge in [-0.3, -0.25) is 9.59 Å². The number of halogens is 1. The highest BCUT2D eigenvalue weighted by Gasteiger charge is 2.11. The van der Waals surface area contributed by atoms with E-state index in [-0.39, 0.29) is 24.8 Å². The van der Waals surface area contributed by atoms with Gasteiger partial charge in [-0.25, -0.2) is 0 Å². The Morgan fingerprint density at radius 2 is 1.65 bits per heavy atom. The Bertz CT molecular complexity index is 690. The van der Waals surface area contributed by atoms with Crippen molar-refractivity contribution < 1.29 is 14.3 Å². The summed E-state index contributed by atoms with van der Waals surface area (Å²) in [5.74, 6) is -0.0399. The molecule has 0 heterocycles. The zero-order valence-electron chi connectivity index (χ0n) is 13.1. The normalized spacial score (nSPS) is 10.2. The minimum absolute atomic E-state index is 0.104. The molecule has 0 radical (unpaired) electrons. The number of carbonyl (C=O) groups is 2. The fourth-order valence-corrected chi connectivity index (χ4v) is 2.23. The quantitative estimate of drug-likeness (QED) is 0.671. The van der Waals surface area contributed by atoms with Crippen molar-refractivity contribution in [3.05, 3.63) is 64.2 Å². The first-order valence-corrected chi connectivity index (χ1v) is 7.66. The van der Waals surface area contributed by atoms with Crippen LogP contribution in [-0.4, -0.2) is 18.4 Å². The summed E-state index contributed by atoms with van der Waals surface area (Å²) in [6, 6.07) is 12.2. The lowest BCUT2D eigenvalue weighted by molar-refractivity contribution is -0.134. The summed E-state index contributed by atoms with van der Waals surface area (Å²) in [7, 11) is 0. The van der Waals surface area contributed by atoms with Crippen molar-refractivity contribution >= 4 is 23.5 Å². The fraction of sp³-hybridized carbons (Fsp3) is 0.222. The third-order valence-corrected chi connectivity index (χ3v) is 3.60. The van der Waals surface area contributed by atoms with Crippen LogP contribution in [0.25, 0.3) is 0 Å². The van der Waals surface area contributed by atoms with Crippen molar-refractivity contribution in [3.8, 4) is 5.75 Å². The van der Waals surface area contributed by atoms with Crippen LogP contribution in [0.2, 0.25) is 5.02 Å². The number of nitrogens with one attached hydrogen (secondary N) is 1. The number of rotatable bonds is 5. The molecular weight excluding hydrogens is 314 g/mol. The Hall–Kier alpha value is -2.33. The molecule has 0 unspecified atom stereocenters. The zero-order chi connectivity index (χ0) is 16.8. The van der Waals surface area contributed by atoms with Crippen LogP contribution in [0.5, 0.6) is 5.75 Å². The minimum Gasteiger partial charge on any atom is -0.426 e. The van der Waals surface area contributed by atoms with Crippen LogP contribution in [0.3, 0.4) is 0 Å². The highest BCUT2D eigenvalue weighted by atomic mass is 35.5. The number of aryl methyl sites for hydroxylation is 2. The molecule has 2 aromatic rings. The number of hydrogen-bond donors (Lipinski definition) is 1. The summed E-state index contributed by atoms with van der Waals surface area (Å²) >= 11 is 5.77. The van der Waals surface area contributed by atoms with E-state index in [4.69, 9.17) is 16.3 Å². The van der Waals surface area contributed by atoms with Gasteiger partial charge in [-0.15, -0.1) is 0 Å². The molecule has 1 N–H and O–H groups in total. The van der Waals surface area contributed by atoms with E-state index in [2.05, 4.69) is 5.32 Å². The highest BCUT2D eigenvalue weighted by molar-refractivity contribution is 6.30. The number of amides is 1. The van der Waals surface area contributed by atoms with Gasteiger partial charge in [-0.1, -0.05) is 29.8 Å². The molecule has 23 heavy (non-hydrogen) atoms. The summed E-state index contributed by atoms with van der Waals surface area (Å²) in [5.41, 5.74) is 2.31. The van der Waals surface area contributed by atoms with Crippen LogP contribution < -0.4 is 10.1 Å². The van der Waals surface area contributed by atoms with Gasteiger partial charge in [0, 0.05) is 17.1 Å². The van der Waals surface area contributed by atoms with Gasteiger partial charge in [-0.2, -0.15) is 0 Å². The lowest BCUT2D eigenvalue weighted by Crippen LogP contribution is -2.27. The van der Waals surface area contributed by atoms with Gasteiger partial charge in [0.1, 0.15) is 5.75 Å². The van der Waals surface area contributed by atoms with E-state index in [0.29, 0.717) is 16.3 Å². The second kappa shape index (κ2) is 7.79. The maximum absolute atomic E-state index is 11.9. The Labute approximate surface area is 140 Å². The average molecular weight is 332 g/mol. The van der Waals surface area contributed by atoms with E-state index in [0.717, 1.165) is 11.1 Å². The molecule has 0 aliphatic rings. The summed E-state index contributed by atoms with van der Waals surface area (Å²) < 4.78 is 5.37. The maximum Gasteiger partial charge on any atom is 0.312 e. The van der Waals surface area contributed by atoms with Crippen LogP contribution in [0, 0.1) is 13.8 Å². The van der Waals surface area contributed by atoms with Crippen LogP contribution in [0.1, 0.15) is 27.9 Å². The Morgan fingerprint density at radius 1 is 1.04 bits per heavy atom. The van der Waals surface area contributed by atoms with Crippen LogP contribution in [0.4, 0.5) is 0 Å². The van der Waals surface area contributed by atoms with Gasteiger partial charge in [0.05, 0.1) is 6.42 Å². The predicted molar refractivity (Wildman–Crippen MR) is 90.0 cm³/mol. The predicted octanol–water partition coefficient (Wildman–Crippen LogP) is 3.68. The van der Waals surface area contributed by atoms with Crippen LogP contribution in [0.15, 0.2) is 42.5 Å². The number of benzene rings is 2. The molecule has 0 saturated carbocycles. The molecule has 0 atom stereocenters. The number of carbonyl (C=O) groups excluding carboxylic acids is 2. The van der Waals surface area contributed by atoms with Crippen molar-refractivity contribution in [2.24, 2.45) is 0 Å². The van der Waals surface area contributed by atoms with Crippen LogP contribution >= 0.6 is 11.6 Å². The molecule has 0 spiro atoms. The third kappa shape index (κ3) is 4.83. The lowest BCUT2D eigenvalue weighted by Gasteiger charge is -2.10. The molecular formula is C18H18ClNO3. The molecule has 0 aliphatic carbocycles. The molecule has 0 bridgehead atoms.